The molecular formula is C14H21Br2Cl2N3. The number of hydrogen-bond donors (Lipinski definition) is 2. The molecule has 3 nitrogen and oxygen atoms in total. The molecule has 3 N–H and O–H groups in total. The lowest BCUT2D eigenvalue weighted by atomic mass is 9.99. The van der Waals surface area contributed by atoms with Gasteiger partial charge in [-0.2, -0.15) is 0 Å². The van der Waals surface area contributed by atoms with Crippen LogP contribution in [0, 0.1) is 0 Å². The van der Waals surface area contributed by atoms with Gasteiger partial charge in [-0.15, -0.1) is 31.4 Å². The number of nitrogens with zero attached hydrogens (tertiary/aromatic N) is 1. The number of nitrogens with two attached hydrogens (primary N) is 1. The maximum Gasteiger partial charge on any atom is 0.0507 e. The number of hydrogen-bond acceptors (Lipinski definition) is 3. The maximum absolute atomic E-state index is 6.25. The molecule has 1 aromatic rings. The molecule has 7 heteroatoms. The topological polar surface area (TPSA) is 41.3 Å². The quantitative estimate of drug-likeness (QED) is 0.522. The van der Waals surface area contributed by atoms with Crippen LogP contribution in [0.1, 0.15) is 18.0 Å². The third-order valence-corrected chi connectivity index (χ3v) is 4.58. The van der Waals surface area contributed by atoms with E-state index in [2.05, 4.69) is 54.7 Å². The average Bonchev–Trinajstić information content (AvgIpc) is 2.41. The second-order valence-electron chi connectivity index (χ2n) is 4.72. The Labute approximate surface area is 155 Å². The highest BCUT2D eigenvalue weighted by molar-refractivity contribution is 9.11. The van der Waals surface area contributed by atoms with Gasteiger partial charge in [-0.05, 0) is 40.0 Å². The summed E-state index contributed by atoms with van der Waals surface area (Å²) in [7, 11) is 0. The molecule has 1 saturated heterocycles. The van der Waals surface area contributed by atoms with Crippen molar-refractivity contribution in [2.75, 3.05) is 31.9 Å². The molecular weight excluding hydrogens is 441 g/mol. The zero-order valence-electron chi connectivity index (χ0n) is 11.6. The summed E-state index contributed by atoms with van der Waals surface area (Å²) in [5.41, 5.74) is 8.24. The summed E-state index contributed by atoms with van der Waals surface area (Å²) in [6.07, 6.45) is 2.88. The van der Waals surface area contributed by atoms with Crippen LogP contribution in [0.25, 0.3) is 0 Å². The Kier molecular flexibility index (Phi) is 10.2. The molecule has 0 saturated carbocycles. The number of benzene rings is 1. The third-order valence-electron chi connectivity index (χ3n) is 3.47. The molecule has 1 aromatic carbocycles. The van der Waals surface area contributed by atoms with Gasteiger partial charge in [-0.1, -0.05) is 22.0 Å². The highest BCUT2D eigenvalue weighted by Crippen LogP contribution is 2.36. The highest BCUT2D eigenvalue weighted by atomic mass is 79.9. The van der Waals surface area contributed by atoms with Gasteiger partial charge in [0.2, 0.25) is 0 Å². The van der Waals surface area contributed by atoms with E-state index in [-0.39, 0.29) is 24.8 Å². The van der Waals surface area contributed by atoms with Gasteiger partial charge in [0.05, 0.1) is 5.69 Å². The Hall–Kier alpha value is 0.220. The van der Waals surface area contributed by atoms with Gasteiger partial charge in [0.15, 0.2) is 0 Å². The zero-order valence-corrected chi connectivity index (χ0v) is 16.5. The average molecular weight is 462 g/mol. The Balaban J connectivity index is 0.00000200. The van der Waals surface area contributed by atoms with Crippen molar-refractivity contribution in [3.63, 3.8) is 0 Å². The van der Waals surface area contributed by atoms with Crippen LogP contribution in [-0.4, -0.2) is 31.1 Å². The van der Waals surface area contributed by atoms with Gasteiger partial charge in [-0.3, -0.25) is 4.90 Å². The van der Waals surface area contributed by atoms with Gasteiger partial charge >= 0.3 is 0 Å². The Morgan fingerprint density at radius 1 is 1.29 bits per heavy atom. The van der Waals surface area contributed by atoms with E-state index in [4.69, 9.17) is 5.73 Å². The molecule has 1 atom stereocenters. The van der Waals surface area contributed by atoms with Crippen LogP contribution in [0.4, 0.5) is 5.69 Å². The van der Waals surface area contributed by atoms with Crippen molar-refractivity contribution in [3.8, 4) is 0 Å². The molecule has 1 fully saturated rings. The van der Waals surface area contributed by atoms with Crippen LogP contribution in [0.5, 0.6) is 0 Å². The lowest BCUT2D eigenvalue weighted by Gasteiger charge is -2.35. The summed E-state index contributed by atoms with van der Waals surface area (Å²) >= 11 is 7.08. The van der Waals surface area contributed by atoms with Crippen molar-refractivity contribution in [1.82, 2.24) is 10.2 Å². The Bertz CT molecular complexity index is 466. The summed E-state index contributed by atoms with van der Waals surface area (Å²) in [6.45, 7) is 8.04. The van der Waals surface area contributed by atoms with Crippen molar-refractivity contribution in [3.05, 3.63) is 39.3 Å². The van der Waals surface area contributed by atoms with Crippen molar-refractivity contribution < 1.29 is 0 Å². The lowest BCUT2D eigenvalue weighted by Crippen LogP contribution is -2.45. The minimum Gasteiger partial charge on any atom is -0.398 e. The first-order valence-corrected chi connectivity index (χ1v) is 8.02. The molecule has 0 aliphatic carbocycles. The summed E-state index contributed by atoms with van der Waals surface area (Å²) in [4.78, 5) is 2.47. The van der Waals surface area contributed by atoms with E-state index in [1.54, 1.807) is 0 Å². The molecule has 2 rings (SSSR count). The Morgan fingerprint density at radius 3 is 2.48 bits per heavy atom. The standard InChI is InChI=1S/C14H19Br2N3.2ClH/c1-2-3-13(19-6-4-18-5-7-19)11-8-10(15)9-12(16)14(11)17;;/h2,8-9,13,18H,1,3-7,17H2;2*1H/t13-;;/m1../s1. The lowest BCUT2D eigenvalue weighted by molar-refractivity contribution is 0.175. The van der Waals surface area contributed by atoms with Gasteiger partial charge in [0, 0.05) is 41.2 Å². The van der Waals surface area contributed by atoms with Crippen LogP contribution in [0.2, 0.25) is 0 Å². The minimum absolute atomic E-state index is 0. The fourth-order valence-electron chi connectivity index (χ4n) is 2.50. The van der Waals surface area contributed by atoms with Crippen LogP contribution < -0.4 is 11.1 Å². The van der Waals surface area contributed by atoms with Crippen LogP contribution in [0.3, 0.4) is 0 Å². The van der Waals surface area contributed by atoms with E-state index in [9.17, 15) is 0 Å². The number of piperazine rings is 1. The SMILES string of the molecule is C=CC[C@H](c1cc(Br)cc(Br)c1N)N1CCNCC1.Cl.Cl. The second kappa shape index (κ2) is 10.1. The largest absolute Gasteiger partial charge is 0.398 e. The van der Waals surface area contributed by atoms with Gasteiger partial charge in [-0.25, -0.2) is 0 Å². The van der Waals surface area contributed by atoms with Gasteiger partial charge in [0.1, 0.15) is 0 Å². The molecule has 1 aliphatic rings. The fourth-order valence-corrected chi connectivity index (χ4v) is 3.76. The monoisotopic (exact) mass is 459 g/mol. The van der Waals surface area contributed by atoms with Crippen molar-refractivity contribution in [1.29, 1.82) is 0 Å². The molecule has 0 unspecified atom stereocenters. The highest BCUT2D eigenvalue weighted by Gasteiger charge is 2.23. The summed E-state index contributed by atoms with van der Waals surface area (Å²) in [5, 5.41) is 3.38. The number of rotatable bonds is 4. The van der Waals surface area contributed by atoms with Crippen molar-refractivity contribution in [2.24, 2.45) is 0 Å². The molecule has 0 aromatic heterocycles. The van der Waals surface area contributed by atoms with Crippen molar-refractivity contribution in [2.45, 2.75) is 12.5 Å². The van der Waals surface area contributed by atoms with E-state index in [0.29, 0.717) is 6.04 Å². The molecule has 1 heterocycles. The van der Waals surface area contributed by atoms with Gasteiger partial charge < -0.3 is 11.1 Å². The van der Waals surface area contributed by atoms with Crippen LogP contribution in [-0.2, 0) is 0 Å². The van der Waals surface area contributed by atoms with Crippen LogP contribution >= 0.6 is 56.7 Å². The number of nitrogen functional groups attached to an aromatic ring is 1. The first kappa shape index (κ1) is 21.2. The van der Waals surface area contributed by atoms with E-state index in [1.807, 2.05) is 12.1 Å². The first-order valence-electron chi connectivity index (χ1n) is 6.43. The molecule has 0 amide bonds. The van der Waals surface area contributed by atoms with E-state index in [1.165, 1.54) is 5.56 Å². The molecule has 0 bridgehead atoms. The third kappa shape index (κ3) is 5.41. The van der Waals surface area contributed by atoms with E-state index >= 15 is 0 Å². The zero-order chi connectivity index (χ0) is 13.8. The fraction of sp³-hybridized carbons (Fsp3) is 0.429. The molecule has 0 spiro atoms. The van der Waals surface area contributed by atoms with Gasteiger partial charge in [0.25, 0.3) is 0 Å². The first-order chi connectivity index (χ1) is 9.13. The number of anilines is 1. The smallest absolute Gasteiger partial charge is 0.0507 e. The Morgan fingerprint density at radius 2 is 1.90 bits per heavy atom. The summed E-state index contributed by atoms with van der Waals surface area (Å²) in [6, 6.07) is 4.41. The molecule has 0 radical (unpaired) electrons. The summed E-state index contributed by atoms with van der Waals surface area (Å²) in [5.74, 6) is 0. The second-order valence-corrected chi connectivity index (χ2v) is 6.49. The molecule has 120 valence electrons. The molecule has 1 aliphatic heterocycles. The van der Waals surface area contributed by atoms with E-state index < -0.39 is 0 Å². The molecule has 21 heavy (non-hydrogen) atoms. The number of nitrogens with one attached hydrogen (secondary N) is 1. The predicted molar refractivity (Wildman–Crippen MR) is 103 cm³/mol. The minimum atomic E-state index is 0. The van der Waals surface area contributed by atoms with Crippen molar-refractivity contribution >= 4 is 62.4 Å². The number of halogens is 4. The normalized spacial score (nSPS) is 16.5. The summed E-state index contributed by atoms with van der Waals surface area (Å²) < 4.78 is 1.99. The predicted octanol–water partition coefficient (Wildman–Crippen LogP) is 4.16. The van der Waals surface area contributed by atoms with E-state index in [0.717, 1.165) is 47.2 Å². The van der Waals surface area contributed by atoms with Crippen LogP contribution in [0.15, 0.2) is 33.7 Å². The maximum atomic E-state index is 6.25.